The number of hydrogen-bond donors (Lipinski definition) is 2. The van der Waals surface area contributed by atoms with Gasteiger partial charge in [0.25, 0.3) is 0 Å². The van der Waals surface area contributed by atoms with E-state index in [0.717, 1.165) is 21.7 Å². The number of thiophene rings is 1. The molecule has 0 aliphatic carbocycles. The van der Waals surface area contributed by atoms with E-state index in [2.05, 4.69) is 15.7 Å². The van der Waals surface area contributed by atoms with E-state index >= 15 is 0 Å². The van der Waals surface area contributed by atoms with E-state index in [0.29, 0.717) is 22.2 Å². The Labute approximate surface area is 167 Å². The summed E-state index contributed by atoms with van der Waals surface area (Å²) in [5.74, 6) is -0.395. The van der Waals surface area contributed by atoms with E-state index in [-0.39, 0.29) is 0 Å². The molecule has 0 aliphatic rings. The van der Waals surface area contributed by atoms with Gasteiger partial charge in [-0.05, 0) is 30.8 Å². The molecule has 0 fully saturated rings. The number of methoxy groups -OCH3 is 1. The van der Waals surface area contributed by atoms with Crippen LogP contribution in [0.25, 0.3) is 11.1 Å². The fourth-order valence-corrected chi connectivity index (χ4v) is 4.07. The van der Waals surface area contributed by atoms with Gasteiger partial charge in [-0.3, -0.25) is 4.68 Å². The Kier molecular flexibility index (Phi) is 5.88. The summed E-state index contributed by atoms with van der Waals surface area (Å²) in [5, 5.41) is 11.6. The molecule has 8 heteroatoms. The van der Waals surface area contributed by atoms with Crippen molar-refractivity contribution < 1.29 is 9.53 Å². The van der Waals surface area contributed by atoms with Gasteiger partial charge in [0, 0.05) is 23.7 Å². The van der Waals surface area contributed by atoms with E-state index < -0.39 is 5.97 Å². The lowest BCUT2D eigenvalue weighted by atomic mass is 10.0. The van der Waals surface area contributed by atoms with Gasteiger partial charge in [0.2, 0.25) is 0 Å². The highest BCUT2D eigenvalue weighted by atomic mass is 32.1. The van der Waals surface area contributed by atoms with Crippen molar-refractivity contribution in [1.29, 1.82) is 0 Å². The number of hydrogen-bond acceptors (Lipinski definition) is 5. The van der Waals surface area contributed by atoms with Crippen molar-refractivity contribution in [3.8, 4) is 11.1 Å². The highest BCUT2D eigenvalue weighted by Crippen LogP contribution is 2.40. The monoisotopic (exact) mass is 400 g/mol. The third-order valence-corrected chi connectivity index (χ3v) is 5.23. The zero-order valence-corrected chi connectivity index (χ0v) is 16.9. The SMILES string of the molecule is COC(=O)c1c(NC(=S)NCc2ccn(C)n2)sc(C)c1-c1ccccc1. The van der Waals surface area contributed by atoms with Gasteiger partial charge in [0.05, 0.1) is 19.3 Å². The maximum atomic E-state index is 12.5. The Balaban J connectivity index is 1.84. The minimum atomic E-state index is -0.395. The fourth-order valence-electron chi connectivity index (χ4n) is 2.76. The first-order valence-electron chi connectivity index (χ1n) is 8.30. The van der Waals surface area contributed by atoms with Crippen LogP contribution in [0.5, 0.6) is 0 Å². The van der Waals surface area contributed by atoms with E-state index in [1.165, 1.54) is 18.4 Å². The minimum absolute atomic E-state index is 0.395. The normalized spacial score (nSPS) is 10.5. The van der Waals surface area contributed by atoms with Crippen molar-refractivity contribution in [2.45, 2.75) is 13.5 Å². The number of benzene rings is 1. The Morgan fingerprint density at radius 1 is 1.30 bits per heavy atom. The number of carbonyl (C=O) groups is 1. The maximum Gasteiger partial charge on any atom is 0.341 e. The van der Waals surface area contributed by atoms with Crippen molar-refractivity contribution in [2.24, 2.45) is 7.05 Å². The van der Waals surface area contributed by atoms with Crippen LogP contribution in [0, 0.1) is 6.92 Å². The topological polar surface area (TPSA) is 68.2 Å². The molecule has 2 N–H and O–H groups in total. The summed E-state index contributed by atoms with van der Waals surface area (Å²) < 4.78 is 6.75. The highest BCUT2D eigenvalue weighted by molar-refractivity contribution is 7.80. The van der Waals surface area contributed by atoms with Crippen LogP contribution in [-0.2, 0) is 18.3 Å². The molecule has 0 saturated heterocycles. The van der Waals surface area contributed by atoms with Crippen molar-refractivity contribution in [3.05, 3.63) is 58.7 Å². The third-order valence-electron chi connectivity index (χ3n) is 3.96. The summed E-state index contributed by atoms with van der Waals surface area (Å²) in [6, 6.07) is 11.7. The second-order valence-electron chi connectivity index (χ2n) is 5.88. The number of carbonyl (C=O) groups excluding carboxylic acids is 1. The number of aromatic nitrogens is 2. The molecular formula is C19H20N4O2S2. The molecular weight excluding hydrogens is 380 g/mol. The molecule has 0 amide bonds. The number of nitrogens with zero attached hydrogens (tertiary/aromatic N) is 2. The number of esters is 1. The predicted octanol–water partition coefficient (Wildman–Crippen LogP) is 3.73. The summed E-state index contributed by atoms with van der Waals surface area (Å²) in [5.41, 5.74) is 3.20. The lowest BCUT2D eigenvalue weighted by Gasteiger charge is -2.10. The lowest BCUT2D eigenvalue weighted by Crippen LogP contribution is -2.28. The van der Waals surface area contributed by atoms with Crippen LogP contribution in [-0.4, -0.2) is 28.0 Å². The second-order valence-corrected chi connectivity index (χ2v) is 7.52. The highest BCUT2D eigenvalue weighted by Gasteiger charge is 2.24. The van der Waals surface area contributed by atoms with E-state index in [4.69, 9.17) is 17.0 Å². The average Bonchev–Trinajstić information content (AvgIpc) is 3.22. The smallest absolute Gasteiger partial charge is 0.341 e. The van der Waals surface area contributed by atoms with Crippen LogP contribution >= 0.6 is 23.6 Å². The number of thiocarbonyl (C=S) groups is 1. The molecule has 1 aromatic carbocycles. The van der Waals surface area contributed by atoms with Crippen LogP contribution < -0.4 is 10.6 Å². The summed E-state index contributed by atoms with van der Waals surface area (Å²) in [6.07, 6.45) is 1.87. The second kappa shape index (κ2) is 8.32. The van der Waals surface area contributed by atoms with Gasteiger partial charge < -0.3 is 15.4 Å². The zero-order chi connectivity index (χ0) is 19.4. The molecule has 3 rings (SSSR count). The van der Waals surface area contributed by atoms with Crippen molar-refractivity contribution in [3.63, 3.8) is 0 Å². The number of rotatable bonds is 5. The molecule has 140 valence electrons. The van der Waals surface area contributed by atoms with Crippen molar-refractivity contribution in [1.82, 2.24) is 15.1 Å². The molecule has 27 heavy (non-hydrogen) atoms. The van der Waals surface area contributed by atoms with Crippen LogP contribution in [0.2, 0.25) is 0 Å². The van der Waals surface area contributed by atoms with Gasteiger partial charge in [0.15, 0.2) is 5.11 Å². The maximum absolute atomic E-state index is 12.5. The van der Waals surface area contributed by atoms with E-state index in [1.807, 2.05) is 56.6 Å². The van der Waals surface area contributed by atoms with Crippen LogP contribution in [0.15, 0.2) is 42.6 Å². The molecule has 3 aromatic rings. The van der Waals surface area contributed by atoms with Crippen molar-refractivity contribution in [2.75, 3.05) is 12.4 Å². The van der Waals surface area contributed by atoms with Crippen molar-refractivity contribution >= 4 is 39.6 Å². The summed E-state index contributed by atoms with van der Waals surface area (Å²) in [7, 11) is 3.24. The average molecular weight is 401 g/mol. The Morgan fingerprint density at radius 3 is 2.67 bits per heavy atom. The Hall–Kier alpha value is -2.71. The van der Waals surface area contributed by atoms with Crippen LogP contribution in [0.1, 0.15) is 20.9 Å². The van der Waals surface area contributed by atoms with Gasteiger partial charge >= 0.3 is 5.97 Å². The number of aryl methyl sites for hydroxylation is 2. The summed E-state index contributed by atoms with van der Waals surface area (Å²) in [6.45, 7) is 2.48. The molecule has 6 nitrogen and oxygen atoms in total. The minimum Gasteiger partial charge on any atom is -0.465 e. The molecule has 0 saturated carbocycles. The van der Waals surface area contributed by atoms with Gasteiger partial charge in [0.1, 0.15) is 10.6 Å². The number of ether oxygens (including phenoxy) is 1. The predicted molar refractivity (Wildman–Crippen MR) is 112 cm³/mol. The van der Waals surface area contributed by atoms with Gasteiger partial charge in [-0.25, -0.2) is 4.79 Å². The van der Waals surface area contributed by atoms with Crippen LogP contribution in [0.4, 0.5) is 5.00 Å². The zero-order valence-electron chi connectivity index (χ0n) is 15.3. The Morgan fingerprint density at radius 2 is 2.04 bits per heavy atom. The van der Waals surface area contributed by atoms with Crippen LogP contribution in [0.3, 0.4) is 0 Å². The molecule has 2 aromatic heterocycles. The lowest BCUT2D eigenvalue weighted by molar-refractivity contribution is 0.0603. The Bertz CT molecular complexity index is 964. The standard InChI is InChI=1S/C19H20N4O2S2/c1-12-15(13-7-5-4-6-8-13)16(18(24)25-3)17(27-12)21-19(26)20-11-14-9-10-23(2)22-14/h4-10H,11H2,1-3H3,(H2,20,21,26). The molecule has 2 heterocycles. The first kappa shape index (κ1) is 19.1. The molecule has 0 spiro atoms. The quantitative estimate of drug-likeness (QED) is 0.502. The van der Waals surface area contributed by atoms with Gasteiger partial charge in [-0.1, -0.05) is 30.3 Å². The number of anilines is 1. The van der Waals surface area contributed by atoms with E-state index in [9.17, 15) is 4.79 Å². The molecule has 0 bridgehead atoms. The summed E-state index contributed by atoms with van der Waals surface area (Å²) in [4.78, 5) is 13.5. The molecule has 0 aliphatic heterocycles. The van der Waals surface area contributed by atoms with E-state index in [1.54, 1.807) is 4.68 Å². The molecule has 0 radical (unpaired) electrons. The third kappa shape index (κ3) is 4.35. The largest absolute Gasteiger partial charge is 0.465 e. The van der Waals surface area contributed by atoms with Gasteiger partial charge in [-0.2, -0.15) is 5.10 Å². The summed E-state index contributed by atoms with van der Waals surface area (Å²) >= 11 is 6.87. The first-order chi connectivity index (χ1) is 13.0. The molecule has 0 atom stereocenters. The molecule has 0 unspecified atom stereocenters. The number of nitrogens with one attached hydrogen (secondary N) is 2. The fraction of sp³-hybridized carbons (Fsp3) is 0.211. The van der Waals surface area contributed by atoms with Gasteiger partial charge in [-0.15, -0.1) is 11.3 Å². The first-order valence-corrected chi connectivity index (χ1v) is 9.52.